The topological polar surface area (TPSA) is 21.3 Å². The summed E-state index contributed by atoms with van der Waals surface area (Å²) in [5.41, 5.74) is 2.97. The lowest BCUT2D eigenvalue weighted by Crippen LogP contribution is -2.23. The van der Waals surface area contributed by atoms with E-state index < -0.39 is 0 Å². The summed E-state index contributed by atoms with van der Waals surface area (Å²) in [5, 5.41) is 0. The van der Waals surface area contributed by atoms with Crippen LogP contribution in [0.15, 0.2) is 0 Å². The number of hydroxylamine groups is 1. The van der Waals surface area contributed by atoms with Crippen molar-refractivity contribution in [1.82, 2.24) is 5.48 Å². The molecule has 0 spiro atoms. The fraction of sp³-hybridized carbons (Fsp3) is 1.00. The van der Waals surface area contributed by atoms with Gasteiger partial charge < -0.3 is 0 Å². The molecule has 1 N–H and O–H groups in total. The summed E-state index contributed by atoms with van der Waals surface area (Å²) in [6, 6.07) is 0. The zero-order valence-electron chi connectivity index (χ0n) is 9.44. The lowest BCUT2D eigenvalue weighted by Gasteiger charge is -2.16. The van der Waals surface area contributed by atoms with Crippen molar-refractivity contribution in [3.8, 4) is 0 Å². The molecule has 0 unspecified atom stereocenters. The predicted molar refractivity (Wildman–Crippen MR) is 57.6 cm³/mol. The Bertz CT molecular complexity index is 77.1. The first kappa shape index (κ1) is 12.9. The Kier molecular flexibility index (Phi) is 9.94. The normalized spacial score (nSPS) is 11.1. The van der Waals surface area contributed by atoms with Crippen LogP contribution in [-0.4, -0.2) is 12.6 Å². The fourth-order valence-corrected chi connectivity index (χ4v) is 1.33. The second kappa shape index (κ2) is 10.0. The Hall–Kier alpha value is -0.0800. The van der Waals surface area contributed by atoms with Crippen molar-refractivity contribution in [2.24, 2.45) is 0 Å². The molecule has 2 nitrogen and oxygen atoms in total. The van der Waals surface area contributed by atoms with E-state index >= 15 is 0 Å². The first-order valence-corrected chi connectivity index (χ1v) is 5.73. The SMILES string of the molecule is CCCCC(CCCC)ONCC. The van der Waals surface area contributed by atoms with Gasteiger partial charge in [-0.3, -0.25) is 4.84 Å². The number of nitrogens with one attached hydrogen (secondary N) is 1. The highest BCUT2D eigenvalue weighted by Gasteiger charge is 2.07. The van der Waals surface area contributed by atoms with Gasteiger partial charge in [0.25, 0.3) is 0 Å². The van der Waals surface area contributed by atoms with Crippen LogP contribution in [0.4, 0.5) is 0 Å². The van der Waals surface area contributed by atoms with Crippen molar-refractivity contribution < 1.29 is 4.84 Å². The standard InChI is InChI=1S/C11H25NO/c1-4-7-9-11(10-8-5-2)13-12-6-3/h11-12H,4-10H2,1-3H3. The first-order chi connectivity index (χ1) is 6.35. The highest BCUT2D eigenvalue weighted by molar-refractivity contribution is 4.57. The van der Waals surface area contributed by atoms with Gasteiger partial charge in [-0.1, -0.05) is 46.5 Å². The third-order valence-corrected chi connectivity index (χ3v) is 2.15. The molecule has 0 fully saturated rings. The summed E-state index contributed by atoms with van der Waals surface area (Å²) in [4.78, 5) is 5.55. The summed E-state index contributed by atoms with van der Waals surface area (Å²) in [7, 11) is 0. The molecule has 0 aliphatic heterocycles. The lowest BCUT2D eigenvalue weighted by molar-refractivity contribution is -0.0322. The summed E-state index contributed by atoms with van der Waals surface area (Å²) < 4.78 is 0. The maximum absolute atomic E-state index is 5.55. The van der Waals surface area contributed by atoms with Crippen LogP contribution in [0.5, 0.6) is 0 Å². The quantitative estimate of drug-likeness (QED) is 0.559. The maximum atomic E-state index is 5.55. The van der Waals surface area contributed by atoms with E-state index in [0.717, 1.165) is 6.54 Å². The molecule has 13 heavy (non-hydrogen) atoms. The average Bonchev–Trinajstić information content (AvgIpc) is 2.17. The van der Waals surface area contributed by atoms with E-state index in [2.05, 4.69) is 26.3 Å². The molecular formula is C11H25NO. The van der Waals surface area contributed by atoms with Crippen LogP contribution in [0.2, 0.25) is 0 Å². The Morgan fingerprint density at radius 1 is 1.00 bits per heavy atom. The van der Waals surface area contributed by atoms with Gasteiger partial charge in [0.1, 0.15) is 0 Å². The highest BCUT2D eigenvalue weighted by atomic mass is 16.7. The molecule has 0 heterocycles. The van der Waals surface area contributed by atoms with Gasteiger partial charge in [-0.25, -0.2) is 5.48 Å². The fourth-order valence-electron chi connectivity index (χ4n) is 1.33. The van der Waals surface area contributed by atoms with Crippen molar-refractivity contribution >= 4 is 0 Å². The third kappa shape index (κ3) is 8.26. The largest absolute Gasteiger partial charge is 0.299 e. The molecule has 0 saturated carbocycles. The highest BCUT2D eigenvalue weighted by Crippen LogP contribution is 2.11. The molecule has 0 atom stereocenters. The van der Waals surface area contributed by atoms with Crippen LogP contribution < -0.4 is 5.48 Å². The Morgan fingerprint density at radius 3 is 1.92 bits per heavy atom. The van der Waals surface area contributed by atoms with E-state index in [1.807, 2.05) is 0 Å². The minimum atomic E-state index is 0.430. The van der Waals surface area contributed by atoms with Gasteiger partial charge >= 0.3 is 0 Å². The van der Waals surface area contributed by atoms with Crippen molar-refractivity contribution in [1.29, 1.82) is 0 Å². The van der Waals surface area contributed by atoms with Gasteiger partial charge in [0, 0.05) is 6.54 Å². The zero-order valence-corrected chi connectivity index (χ0v) is 9.44. The summed E-state index contributed by atoms with van der Waals surface area (Å²) >= 11 is 0. The van der Waals surface area contributed by atoms with E-state index in [9.17, 15) is 0 Å². The van der Waals surface area contributed by atoms with Crippen LogP contribution in [-0.2, 0) is 4.84 Å². The molecule has 0 aromatic rings. The summed E-state index contributed by atoms with van der Waals surface area (Å²) in [6.45, 7) is 7.42. The van der Waals surface area contributed by atoms with Crippen molar-refractivity contribution in [3.05, 3.63) is 0 Å². The number of unbranched alkanes of at least 4 members (excludes halogenated alkanes) is 2. The smallest absolute Gasteiger partial charge is 0.0790 e. The van der Waals surface area contributed by atoms with E-state index in [4.69, 9.17) is 4.84 Å². The molecule has 0 radical (unpaired) electrons. The third-order valence-electron chi connectivity index (χ3n) is 2.15. The second-order valence-corrected chi connectivity index (χ2v) is 3.52. The molecule has 0 aromatic carbocycles. The molecule has 0 aliphatic rings. The average molecular weight is 187 g/mol. The number of hydrogen-bond acceptors (Lipinski definition) is 2. The predicted octanol–water partition coefficient (Wildman–Crippen LogP) is 3.28. The van der Waals surface area contributed by atoms with Gasteiger partial charge in [0.2, 0.25) is 0 Å². The molecule has 2 heteroatoms. The molecular weight excluding hydrogens is 162 g/mol. The maximum Gasteiger partial charge on any atom is 0.0790 e. The molecule has 0 bridgehead atoms. The van der Waals surface area contributed by atoms with E-state index in [1.165, 1.54) is 38.5 Å². The molecule has 0 aliphatic carbocycles. The van der Waals surface area contributed by atoms with Gasteiger partial charge in [-0.15, -0.1) is 0 Å². The first-order valence-electron chi connectivity index (χ1n) is 5.73. The number of hydrogen-bond donors (Lipinski definition) is 1. The van der Waals surface area contributed by atoms with E-state index in [-0.39, 0.29) is 0 Å². The second-order valence-electron chi connectivity index (χ2n) is 3.52. The van der Waals surface area contributed by atoms with Crippen LogP contribution in [0.3, 0.4) is 0 Å². The molecule has 0 rings (SSSR count). The van der Waals surface area contributed by atoms with Crippen molar-refractivity contribution in [3.63, 3.8) is 0 Å². The Morgan fingerprint density at radius 2 is 1.54 bits per heavy atom. The lowest BCUT2D eigenvalue weighted by atomic mass is 10.1. The van der Waals surface area contributed by atoms with E-state index in [1.54, 1.807) is 0 Å². The van der Waals surface area contributed by atoms with Crippen LogP contribution in [0, 0.1) is 0 Å². The summed E-state index contributed by atoms with van der Waals surface area (Å²) in [6.07, 6.45) is 7.91. The summed E-state index contributed by atoms with van der Waals surface area (Å²) in [5.74, 6) is 0. The van der Waals surface area contributed by atoms with Crippen molar-refractivity contribution in [2.45, 2.75) is 65.4 Å². The van der Waals surface area contributed by atoms with Gasteiger partial charge in [-0.2, -0.15) is 0 Å². The zero-order chi connectivity index (χ0) is 9.94. The van der Waals surface area contributed by atoms with Gasteiger partial charge in [-0.05, 0) is 12.8 Å². The van der Waals surface area contributed by atoms with Crippen LogP contribution in [0.1, 0.15) is 59.3 Å². The Labute approximate surface area is 83.0 Å². The monoisotopic (exact) mass is 187 g/mol. The van der Waals surface area contributed by atoms with Crippen molar-refractivity contribution in [2.75, 3.05) is 6.54 Å². The van der Waals surface area contributed by atoms with E-state index in [0.29, 0.717) is 6.10 Å². The minimum Gasteiger partial charge on any atom is -0.299 e. The molecule has 80 valence electrons. The molecule has 0 amide bonds. The van der Waals surface area contributed by atoms with Gasteiger partial charge in [0.15, 0.2) is 0 Å². The van der Waals surface area contributed by atoms with Crippen LogP contribution >= 0.6 is 0 Å². The number of rotatable bonds is 9. The van der Waals surface area contributed by atoms with Crippen LogP contribution in [0.25, 0.3) is 0 Å². The molecule has 0 saturated heterocycles. The molecule has 0 aromatic heterocycles. The Balaban J connectivity index is 3.47. The van der Waals surface area contributed by atoms with Gasteiger partial charge in [0.05, 0.1) is 6.10 Å². The minimum absolute atomic E-state index is 0.430.